The maximum Gasteiger partial charge on any atom is -0.00145 e. The van der Waals surface area contributed by atoms with E-state index >= 15 is 0 Å². The van der Waals surface area contributed by atoms with Crippen molar-refractivity contribution in [1.82, 2.24) is 0 Å². The SMILES string of the molecule is CC1C=CC=CC1(C)C1CCCc2ccccc21. The van der Waals surface area contributed by atoms with Crippen molar-refractivity contribution >= 4 is 0 Å². The monoisotopic (exact) mass is 238 g/mol. The van der Waals surface area contributed by atoms with Crippen LogP contribution < -0.4 is 0 Å². The van der Waals surface area contributed by atoms with E-state index in [2.05, 4.69) is 62.4 Å². The Hall–Kier alpha value is -1.30. The third kappa shape index (κ3) is 1.75. The first-order valence-electron chi connectivity index (χ1n) is 7.15. The molecule has 2 aliphatic carbocycles. The molecular weight excluding hydrogens is 216 g/mol. The highest BCUT2D eigenvalue weighted by Gasteiger charge is 2.39. The molecule has 0 fully saturated rings. The van der Waals surface area contributed by atoms with E-state index in [0.29, 0.717) is 11.8 Å². The first-order chi connectivity index (χ1) is 8.72. The Morgan fingerprint density at radius 2 is 2.00 bits per heavy atom. The lowest BCUT2D eigenvalue weighted by atomic mass is 9.61. The number of hydrogen-bond donors (Lipinski definition) is 0. The average Bonchev–Trinajstić information content (AvgIpc) is 2.41. The molecule has 2 aliphatic rings. The van der Waals surface area contributed by atoms with Gasteiger partial charge in [0.1, 0.15) is 0 Å². The van der Waals surface area contributed by atoms with Crippen LogP contribution in [0.2, 0.25) is 0 Å². The average molecular weight is 238 g/mol. The highest BCUT2D eigenvalue weighted by molar-refractivity contribution is 5.37. The highest BCUT2D eigenvalue weighted by atomic mass is 14.4. The summed E-state index contributed by atoms with van der Waals surface area (Å²) in [5.41, 5.74) is 3.45. The molecule has 0 spiro atoms. The van der Waals surface area contributed by atoms with Crippen LogP contribution >= 0.6 is 0 Å². The summed E-state index contributed by atoms with van der Waals surface area (Å²) < 4.78 is 0. The molecule has 18 heavy (non-hydrogen) atoms. The van der Waals surface area contributed by atoms with E-state index < -0.39 is 0 Å². The number of benzene rings is 1. The van der Waals surface area contributed by atoms with Crippen LogP contribution in [0.1, 0.15) is 43.7 Å². The number of rotatable bonds is 1. The molecule has 3 rings (SSSR count). The Labute approximate surface area is 110 Å². The van der Waals surface area contributed by atoms with Gasteiger partial charge in [-0.15, -0.1) is 0 Å². The molecule has 3 unspecified atom stereocenters. The molecule has 0 aromatic heterocycles. The van der Waals surface area contributed by atoms with Crippen LogP contribution in [0.4, 0.5) is 0 Å². The van der Waals surface area contributed by atoms with Crippen molar-refractivity contribution in [2.75, 3.05) is 0 Å². The fourth-order valence-corrected chi connectivity index (χ4v) is 3.69. The Morgan fingerprint density at radius 3 is 2.83 bits per heavy atom. The molecule has 3 atom stereocenters. The first kappa shape index (κ1) is 11.8. The quantitative estimate of drug-likeness (QED) is 0.654. The van der Waals surface area contributed by atoms with Crippen LogP contribution in [0, 0.1) is 11.3 Å². The number of fused-ring (bicyclic) bond motifs is 1. The van der Waals surface area contributed by atoms with Crippen molar-refractivity contribution in [3.63, 3.8) is 0 Å². The topological polar surface area (TPSA) is 0 Å². The van der Waals surface area contributed by atoms with E-state index in [1.165, 1.54) is 19.3 Å². The van der Waals surface area contributed by atoms with Gasteiger partial charge in [0, 0.05) is 0 Å². The van der Waals surface area contributed by atoms with Gasteiger partial charge in [-0.25, -0.2) is 0 Å². The summed E-state index contributed by atoms with van der Waals surface area (Å²) >= 11 is 0. The summed E-state index contributed by atoms with van der Waals surface area (Å²) in [4.78, 5) is 0. The van der Waals surface area contributed by atoms with Gasteiger partial charge < -0.3 is 0 Å². The Kier molecular flexibility index (Phi) is 2.89. The zero-order valence-corrected chi connectivity index (χ0v) is 11.4. The minimum Gasteiger partial charge on any atom is -0.0808 e. The summed E-state index contributed by atoms with van der Waals surface area (Å²) in [5.74, 6) is 1.30. The summed E-state index contributed by atoms with van der Waals surface area (Å²) in [6, 6.07) is 9.05. The van der Waals surface area contributed by atoms with Crippen molar-refractivity contribution in [1.29, 1.82) is 0 Å². The summed E-state index contributed by atoms with van der Waals surface area (Å²) in [6.45, 7) is 4.79. The molecule has 0 saturated heterocycles. The molecule has 0 N–H and O–H groups in total. The lowest BCUT2D eigenvalue weighted by molar-refractivity contribution is 0.235. The second-order valence-corrected chi connectivity index (χ2v) is 6.04. The van der Waals surface area contributed by atoms with Gasteiger partial charge in [0.15, 0.2) is 0 Å². The smallest absolute Gasteiger partial charge is 0.00145 e. The number of hydrogen-bond acceptors (Lipinski definition) is 0. The van der Waals surface area contributed by atoms with Gasteiger partial charge in [0.05, 0.1) is 0 Å². The first-order valence-corrected chi connectivity index (χ1v) is 7.15. The highest BCUT2D eigenvalue weighted by Crippen LogP contribution is 2.50. The molecule has 0 heteroatoms. The van der Waals surface area contributed by atoms with Crippen molar-refractivity contribution in [2.45, 2.75) is 39.0 Å². The van der Waals surface area contributed by atoms with Gasteiger partial charge in [0.25, 0.3) is 0 Å². The van der Waals surface area contributed by atoms with Gasteiger partial charge in [-0.3, -0.25) is 0 Å². The van der Waals surface area contributed by atoms with E-state index in [1.54, 1.807) is 11.1 Å². The largest absolute Gasteiger partial charge is 0.0808 e. The predicted molar refractivity (Wildman–Crippen MR) is 77.7 cm³/mol. The van der Waals surface area contributed by atoms with Crippen LogP contribution in [0.25, 0.3) is 0 Å². The molecule has 0 nitrogen and oxygen atoms in total. The Bertz CT molecular complexity index is 495. The predicted octanol–water partition coefficient (Wildman–Crippen LogP) is 4.87. The lowest BCUT2D eigenvalue weighted by Gasteiger charge is -2.43. The van der Waals surface area contributed by atoms with Crippen LogP contribution in [-0.4, -0.2) is 0 Å². The van der Waals surface area contributed by atoms with Gasteiger partial charge in [-0.2, -0.15) is 0 Å². The summed E-state index contributed by atoms with van der Waals surface area (Å²) in [7, 11) is 0. The van der Waals surface area contributed by atoms with Crippen LogP contribution in [-0.2, 0) is 6.42 Å². The molecule has 0 amide bonds. The van der Waals surface area contributed by atoms with Crippen LogP contribution in [0.15, 0.2) is 48.6 Å². The molecule has 0 radical (unpaired) electrons. The van der Waals surface area contributed by atoms with E-state index in [0.717, 1.165) is 0 Å². The number of allylic oxidation sites excluding steroid dienone is 4. The second kappa shape index (κ2) is 4.42. The number of aryl methyl sites for hydroxylation is 1. The molecule has 1 aromatic rings. The van der Waals surface area contributed by atoms with Crippen molar-refractivity contribution in [3.8, 4) is 0 Å². The van der Waals surface area contributed by atoms with E-state index in [4.69, 9.17) is 0 Å². The molecule has 0 bridgehead atoms. The van der Waals surface area contributed by atoms with E-state index in [-0.39, 0.29) is 5.41 Å². The lowest BCUT2D eigenvalue weighted by Crippen LogP contribution is -2.33. The fourth-order valence-electron chi connectivity index (χ4n) is 3.69. The molecule has 0 heterocycles. The minimum absolute atomic E-state index is 0.283. The standard InChI is InChI=1S/C18H22/c1-14-8-5-6-13-18(14,2)17-12-7-10-15-9-3-4-11-16(15)17/h3-6,8-9,11,13-14,17H,7,10,12H2,1-2H3. The van der Waals surface area contributed by atoms with Crippen LogP contribution in [0.5, 0.6) is 0 Å². The third-order valence-electron chi connectivity index (χ3n) is 5.07. The van der Waals surface area contributed by atoms with Gasteiger partial charge in [-0.05, 0) is 47.6 Å². The van der Waals surface area contributed by atoms with E-state index in [1.807, 2.05) is 0 Å². The van der Waals surface area contributed by atoms with Gasteiger partial charge >= 0.3 is 0 Å². The molecule has 94 valence electrons. The Morgan fingerprint density at radius 1 is 1.17 bits per heavy atom. The van der Waals surface area contributed by atoms with Crippen molar-refractivity contribution < 1.29 is 0 Å². The maximum absolute atomic E-state index is 2.43. The van der Waals surface area contributed by atoms with Crippen LogP contribution in [0.3, 0.4) is 0 Å². The van der Waals surface area contributed by atoms with Crippen molar-refractivity contribution in [3.05, 3.63) is 59.7 Å². The summed E-state index contributed by atoms with van der Waals surface area (Å²) in [6.07, 6.45) is 13.1. The normalized spacial score (nSPS) is 34.3. The molecule has 1 aromatic carbocycles. The third-order valence-corrected chi connectivity index (χ3v) is 5.07. The molecule has 0 saturated carbocycles. The molecule has 0 aliphatic heterocycles. The minimum atomic E-state index is 0.283. The van der Waals surface area contributed by atoms with Crippen molar-refractivity contribution in [2.24, 2.45) is 11.3 Å². The zero-order chi connectivity index (χ0) is 12.6. The fraction of sp³-hybridized carbons (Fsp3) is 0.444. The summed E-state index contributed by atoms with van der Waals surface area (Å²) in [5, 5.41) is 0. The van der Waals surface area contributed by atoms with E-state index in [9.17, 15) is 0 Å². The van der Waals surface area contributed by atoms with Gasteiger partial charge in [-0.1, -0.05) is 62.4 Å². The molecular formula is C18H22. The Balaban J connectivity index is 2.04. The zero-order valence-electron chi connectivity index (χ0n) is 11.4. The maximum atomic E-state index is 2.43. The van der Waals surface area contributed by atoms with Gasteiger partial charge in [0.2, 0.25) is 0 Å². The second-order valence-electron chi connectivity index (χ2n) is 6.04.